The Morgan fingerprint density at radius 3 is 2.47 bits per heavy atom. The van der Waals surface area contributed by atoms with Gasteiger partial charge >= 0.3 is 0 Å². The van der Waals surface area contributed by atoms with Gasteiger partial charge in [-0.1, -0.05) is 12.1 Å². The van der Waals surface area contributed by atoms with E-state index >= 15 is 0 Å². The molecule has 1 N–H and O–H groups in total. The van der Waals surface area contributed by atoms with Gasteiger partial charge in [0.15, 0.2) is 0 Å². The highest BCUT2D eigenvalue weighted by molar-refractivity contribution is 5.28. The Morgan fingerprint density at radius 2 is 1.88 bits per heavy atom. The number of likely N-dealkylation sites (tertiary alicyclic amines) is 1. The summed E-state index contributed by atoms with van der Waals surface area (Å²) in [5, 5.41) is 10.1. The average molecular weight is 235 g/mol. The van der Waals surface area contributed by atoms with E-state index < -0.39 is 0 Å². The number of ether oxygens (including phenoxy) is 1. The summed E-state index contributed by atoms with van der Waals surface area (Å²) in [6, 6.07) is 7.67. The molecule has 2 rings (SSSR count). The normalized spacial score (nSPS) is 18.2. The molecule has 1 saturated heterocycles. The van der Waals surface area contributed by atoms with Crippen LogP contribution in [0, 0.1) is 0 Å². The zero-order chi connectivity index (χ0) is 12.1. The van der Waals surface area contributed by atoms with Gasteiger partial charge in [0.05, 0.1) is 13.2 Å². The van der Waals surface area contributed by atoms with Gasteiger partial charge in [-0.25, -0.2) is 0 Å². The van der Waals surface area contributed by atoms with Gasteiger partial charge in [0, 0.05) is 6.54 Å². The molecule has 0 unspecified atom stereocenters. The fourth-order valence-electron chi connectivity index (χ4n) is 2.30. The van der Waals surface area contributed by atoms with E-state index in [1.807, 2.05) is 24.3 Å². The maximum atomic E-state index is 10.1. The number of nitrogens with zero attached hydrogens (tertiary/aromatic N) is 1. The van der Waals surface area contributed by atoms with Crippen LogP contribution in [0.1, 0.15) is 30.9 Å². The van der Waals surface area contributed by atoms with E-state index in [4.69, 9.17) is 4.74 Å². The van der Waals surface area contributed by atoms with Crippen LogP contribution in [-0.4, -0.2) is 36.8 Å². The minimum absolute atomic E-state index is 0.360. The van der Waals surface area contributed by atoms with Gasteiger partial charge in [0.1, 0.15) is 5.75 Å². The Hall–Kier alpha value is -1.06. The van der Waals surface area contributed by atoms with Gasteiger partial charge < -0.3 is 14.7 Å². The average Bonchev–Trinajstić information content (AvgIpc) is 2.89. The van der Waals surface area contributed by atoms with Crippen molar-refractivity contribution >= 4 is 0 Å². The molecule has 0 aliphatic carbocycles. The number of aliphatic hydroxyl groups excluding tert-OH is 1. The Morgan fingerprint density at radius 1 is 1.24 bits per heavy atom. The first-order valence-electron chi connectivity index (χ1n) is 6.34. The fourth-order valence-corrected chi connectivity index (χ4v) is 2.30. The van der Waals surface area contributed by atoms with E-state index in [2.05, 4.69) is 4.90 Å². The van der Waals surface area contributed by atoms with Gasteiger partial charge in [-0.05, 0) is 50.0 Å². The Balaban J connectivity index is 1.83. The molecule has 1 fully saturated rings. The molecule has 0 radical (unpaired) electrons. The second-order valence-electron chi connectivity index (χ2n) is 4.63. The lowest BCUT2D eigenvalue weighted by Crippen LogP contribution is -2.22. The first-order valence-corrected chi connectivity index (χ1v) is 6.34. The van der Waals surface area contributed by atoms with Crippen molar-refractivity contribution < 1.29 is 9.84 Å². The molecule has 0 spiro atoms. The van der Waals surface area contributed by atoms with Crippen LogP contribution in [0.25, 0.3) is 0 Å². The smallest absolute Gasteiger partial charge is 0.118 e. The molecule has 3 heteroatoms. The highest BCUT2D eigenvalue weighted by Crippen LogP contribution is 2.21. The van der Waals surface area contributed by atoms with E-state index in [1.165, 1.54) is 25.9 Å². The van der Waals surface area contributed by atoms with Crippen molar-refractivity contribution in [2.45, 2.75) is 25.4 Å². The van der Waals surface area contributed by atoms with E-state index in [9.17, 15) is 5.11 Å². The van der Waals surface area contributed by atoms with Crippen LogP contribution >= 0.6 is 0 Å². The summed E-state index contributed by atoms with van der Waals surface area (Å²) in [5.74, 6) is 0.834. The minimum Gasteiger partial charge on any atom is -0.497 e. The number of benzene rings is 1. The van der Waals surface area contributed by atoms with Crippen LogP contribution in [0.2, 0.25) is 0 Å². The van der Waals surface area contributed by atoms with Crippen LogP contribution in [0.3, 0.4) is 0 Å². The number of methoxy groups -OCH3 is 1. The van der Waals surface area contributed by atoms with E-state index in [0.717, 1.165) is 24.3 Å². The van der Waals surface area contributed by atoms with Gasteiger partial charge in [0.25, 0.3) is 0 Å². The van der Waals surface area contributed by atoms with Gasteiger partial charge in [-0.2, -0.15) is 0 Å². The molecule has 94 valence electrons. The second-order valence-corrected chi connectivity index (χ2v) is 4.63. The van der Waals surface area contributed by atoms with E-state index in [-0.39, 0.29) is 6.10 Å². The van der Waals surface area contributed by atoms with Crippen LogP contribution < -0.4 is 4.74 Å². The summed E-state index contributed by atoms with van der Waals surface area (Å²) in [6.07, 6.45) is 3.06. The molecule has 1 aliphatic rings. The van der Waals surface area contributed by atoms with Crippen molar-refractivity contribution in [1.82, 2.24) is 4.90 Å². The summed E-state index contributed by atoms with van der Waals surface area (Å²) in [4.78, 5) is 2.42. The Bertz CT molecular complexity index is 331. The molecule has 1 aromatic carbocycles. The third-order valence-electron chi connectivity index (χ3n) is 3.42. The van der Waals surface area contributed by atoms with Gasteiger partial charge in [-0.3, -0.25) is 0 Å². The third kappa shape index (κ3) is 3.45. The number of aliphatic hydroxyl groups is 1. The highest BCUT2D eigenvalue weighted by atomic mass is 16.5. The van der Waals surface area contributed by atoms with Crippen molar-refractivity contribution in [3.8, 4) is 5.75 Å². The molecule has 0 aromatic heterocycles. The molecule has 0 amide bonds. The Labute approximate surface area is 103 Å². The van der Waals surface area contributed by atoms with Crippen LogP contribution in [0.4, 0.5) is 0 Å². The number of hydrogen-bond donors (Lipinski definition) is 1. The lowest BCUT2D eigenvalue weighted by Gasteiger charge is -2.17. The summed E-state index contributed by atoms with van der Waals surface area (Å²) in [5.41, 5.74) is 0.977. The monoisotopic (exact) mass is 235 g/mol. The molecule has 0 saturated carbocycles. The maximum absolute atomic E-state index is 10.1. The third-order valence-corrected chi connectivity index (χ3v) is 3.42. The summed E-state index contributed by atoms with van der Waals surface area (Å²) >= 11 is 0. The van der Waals surface area contributed by atoms with Crippen molar-refractivity contribution in [2.75, 3.05) is 26.7 Å². The molecular formula is C14H21NO2. The maximum Gasteiger partial charge on any atom is 0.118 e. The lowest BCUT2D eigenvalue weighted by molar-refractivity contribution is 0.149. The largest absolute Gasteiger partial charge is 0.497 e. The number of rotatable bonds is 5. The fraction of sp³-hybridized carbons (Fsp3) is 0.571. The lowest BCUT2D eigenvalue weighted by atomic mass is 10.1. The van der Waals surface area contributed by atoms with Crippen LogP contribution in [0.5, 0.6) is 5.75 Å². The predicted octanol–water partition coefficient (Wildman–Crippen LogP) is 2.21. The van der Waals surface area contributed by atoms with Gasteiger partial charge in [0.2, 0.25) is 0 Å². The molecule has 1 heterocycles. The zero-order valence-corrected chi connectivity index (χ0v) is 10.4. The molecule has 17 heavy (non-hydrogen) atoms. The topological polar surface area (TPSA) is 32.7 Å². The summed E-state index contributed by atoms with van der Waals surface area (Å²) in [6.45, 7) is 3.37. The van der Waals surface area contributed by atoms with E-state index in [1.54, 1.807) is 7.11 Å². The SMILES string of the molecule is COc1ccc([C@@H](O)CCN2CCCC2)cc1. The second kappa shape index (κ2) is 6.03. The highest BCUT2D eigenvalue weighted by Gasteiger charge is 2.14. The molecule has 3 nitrogen and oxygen atoms in total. The first kappa shape index (κ1) is 12.4. The minimum atomic E-state index is -0.360. The van der Waals surface area contributed by atoms with Crippen molar-refractivity contribution in [3.05, 3.63) is 29.8 Å². The van der Waals surface area contributed by atoms with E-state index in [0.29, 0.717) is 0 Å². The van der Waals surface area contributed by atoms with Crippen LogP contribution in [-0.2, 0) is 0 Å². The van der Waals surface area contributed by atoms with Crippen molar-refractivity contribution in [2.24, 2.45) is 0 Å². The first-order chi connectivity index (χ1) is 8.29. The quantitative estimate of drug-likeness (QED) is 0.849. The molecular weight excluding hydrogens is 214 g/mol. The molecule has 1 atom stereocenters. The van der Waals surface area contributed by atoms with Crippen LogP contribution in [0.15, 0.2) is 24.3 Å². The van der Waals surface area contributed by atoms with Gasteiger partial charge in [-0.15, -0.1) is 0 Å². The summed E-state index contributed by atoms with van der Waals surface area (Å²) in [7, 11) is 1.65. The zero-order valence-electron chi connectivity index (χ0n) is 10.4. The number of hydrogen-bond acceptors (Lipinski definition) is 3. The van der Waals surface area contributed by atoms with Crippen molar-refractivity contribution in [1.29, 1.82) is 0 Å². The van der Waals surface area contributed by atoms with Crippen molar-refractivity contribution in [3.63, 3.8) is 0 Å². The Kier molecular flexibility index (Phi) is 4.40. The predicted molar refractivity (Wildman–Crippen MR) is 68.2 cm³/mol. The summed E-state index contributed by atoms with van der Waals surface area (Å²) < 4.78 is 5.10. The molecule has 0 bridgehead atoms. The molecule has 1 aliphatic heterocycles. The standard InChI is InChI=1S/C14H21NO2/c1-17-13-6-4-12(5-7-13)14(16)8-11-15-9-2-3-10-15/h4-7,14,16H,2-3,8-11H2,1H3/t14-/m0/s1. The molecule has 1 aromatic rings.